The van der Waals surface area contributed by atoms with Gasteiger partial charge in [-0.15, -0.1) is 0 Å². The minimum absolute atomic E-state index is 0.121. The van der Waals surface area contributed by atoms with Gasteiger partial charge in [0.2, 0.25) is 0 Å². The second-order valence-corrected chi connectivity index (χ2v) is 10.1. The largest absolute Gasteiger partial charge is 0.334 e. The molecule has 0 bridgehead atoms. The van der Waals surface area contributed by atoms with E-state index in [1.165, 1.54) is 19.1 Å². The normalized spacial score (nSPS) is 20.3. The average molecular weight is 413 g/mol. The monoisotopic (exact) mass is 412 g/mol. The molecule has 2 fully saturated rings. The van der Waals surface area contributed by atoms with E-state index in [0.717, 1.165) is 43.6 Å². The molecule has 2 saturated heterocycles. The van der Waals surface area contributed by atoms with E-state index in [-0.39, 0.29) is 16.8 Å². The zero-order chi connectivity index (χ0) is 20.4. The molecule has 2 aromatic rings. The first-order chi connectivity index (χ1) is 13.9. The van der Waals surface area contributed by atoms with Gasteiger partial charge in [-0.25, -0.2) is 8.42 Å². The zero-order valence-corrected chi connectivity index (χ0v) is 17.7. The van der Waals surface area contributed by atoms with Crippen molar-refractivity contribution in [3.8, 4) is 11.1 Å². The Kier molecular flexibility index (Phi) is 5.74. The van der Waals surface area contributed by atoms with Gasteiger partial charge in [-0.3, -0.25) is 4.79 Å². The summed E-state index contributed by atoms with van der Waals surface area (Å²) >= 11 is 0. The molecule has 0 spiro atoms. The molecule has 0 N–H and O–H groups in total. The maximum atomic E-state index is 13.4. The second kappa shape index (κ2) is 8.28. The molecule has 0 radical (unpaired) electrons. The fourth-order valence-corrected chi connectivity index (χ4v) is 5.42. The Hall–Kier alpha value is -2.18. The number of benzene rings is 2. The van der Waals surface area contributed by atoms with Gasteiger partial charge in [-0.05, 0) is 62.0 Å². The number of likely N-dealkylation sites (tertiary alicyclic amines) is 2. The second-order valence-electron chi connectivity index (χ2n) is 8.15. The molecule has 4 rings (SSSR count). The number of nitrogens with zero attached hydrogens (tertiary/aromatic N) is 2. The summed E-state index contributed by atoms with van der Waals surface area (Å²) in [6, 6.07) is 15.0. The summed E-state index contributed by atoms with van der Waals surface area (Å²) in [5.41, 5.74) is 2.03. The van der Waals surface area contributed by atoms with E-state index in [2.05, 4.69) is 4.90 Å². The molecule has 2 aliphatic heterocycles. The predicted octanol–water partition coefficient (Wildman–Crippen LogP) is 3.46. The number of carbonyl (C=O) groups is 1. The fraction of sp³-hybridized carbons (Fsp3) is 0.435. The van der Waals surface area contributed by atoms with E-state index in [0.29, 0.717) is 12.1 Å². The molecule has 6 heteroatoms. The van der Waals surface area contributed by atoms with Crippen molar-refractivity contribution < 1.29 is 13.2 Å². The van der Waals surface area contributed by atoms with E-state index >= 15 is 0 Å². The molecule has 2 heterocycles. The van der Waals surface area contributed by atoms with Crippen LogP contribution in [-0.4, -0.2) is 62.6 Å². The third-order valence-electron chi connectivity index (χ3n) is 6.02. The molecule has 1 amide bonds. The molecule has 0 aliphatic carbocycles. The number of hydrogen-bond donors (Lipinski definition) is 0. The van der Waals surface area contributed by atoms with E-state index in [4.69, 9.17) is 0 Å². The number of hydrogen-bond acceptors (Lipinski definition) is 4. The molecule has 154 valence electrons. The smallest absolute Gasteiger partial charge is 0.255 e. The van der Waals surface area contributed by atoms with E-state index < -0.39 is 9.84 Å². The number of sulfone groups is 1. The van der Waals surface area contributed by atoms with Crippen LogP contribution >= 0.6 is 0 Å². The molecule has 5 nitrogen and oxygen atoms in total. The van der Waals surface area contributed by atoms with Crippen molar-refractivity contribution in [3.63, 3.8) is 0 Å². The molecular weight excluding hydrogens is 384 g/mol. The maximum Gasteiger partial charge on any atom is 0.255 e. The molecular formula is C23H28N2O3S. The van der Waals surface area contributed by atoms with Crippen molar-refractivity contribution in [2.75, 3.05) is 32.4 Å². The van der Waals surface area contributed by atoms with Gasteiger partial charge in [0.15, 0.2) is 9.84 Å². The van der Waals surface area contributed by atoms with Gasteiger partial charge in [0, 0.05) is 25.4 Å². The van der Waals surface area contributed by atoms with Gasteiger partial charge in [-0.1, -0.05) is 36.4 Å². The van der Waals surface area contributed by atoms with Gasteiger partial charge in [0.1, 0.15) is 0 Å². The fourth-order valence-electron chi connectivity index (χ4n) is 4.53. The highest BCUT2D eigenvalue weighted by Gasteiger charge is 2.33. The van der Waals surface area contributed by atoms with Crippen molar-refractivity contribution in [2.45, 2.75) is 36.6 Å². The highest BCUT2D eigenvalue weighted by molar-refractivity contribution is 7.90. The lowest BCUT2D eigenvalue weighted by molar-refractivity contribution is 0.0705. The van der Waals surface area contributed by atoms with Crippen molar-refractivity contribution in [3.05, 3.63) is 54.1 Å². The van der Waals surface area contributed by atoms with Crippen LogP contribution in [0.5, 0.6) is 0 Å². The van der Waals surface area contributed by atoms with Crippen LogP contribution in [0.4, 0.5) is 0 Å². The van der Waals surface area contributed by atoms with Crippen LogP contribution in [0, 0.1) is 0 Å². The molecule has 0 aromatic heterocycles. The first kappa shape index (κ1) is 20.1. The van der Waals surface area contributed by atoms with Gasteiger partial charge in [0.05, 0.1) is 10.5 Å². The van der Waals surface area contributed by atoms with Crippen LogP contribution in [0.1, 0.15) is 36.0 Å². The lowest BCUT2D eigenvalue weighted by Crippen LogP contribution is -2.42. The van der Waals surface area contributed by atoms with Gasteiger partial charge < -0.3 is 9.80 Å². The maximum absolute atomic E-state index is 13.4. The minimum atomic E-state index is -3.54. The quantitative estimate of drug-likeness (QED) is 0.755. The van der Waals surface area contributed by atoms with Crippen LogP contribution in [0.3, 0.4) is 0 Å². The first-order valence-corrected chi connectivity index (χ1v) is 12.3. The Balaban J connectivity index is 1.65. The Morgan fingerprint density at radius 1 is 0.966 bits per heavy atom. The van der Waals surface area contributed by atoms with Gasteiger partial charge in [-0.2, -0.15) is 0 Å². The summed E-state index contributed by atoms with van der Waals surface area (Å²) in [6.45, 7) is 3.78. The standard InChI is InChI=1S/C23H28N2O3S/c1-29(27,28)22-16-19(18-8-3-2-4-9-18)11-12-21(22)23(26)25-15-7-10-20(25)17-24-13-5-6-14-24/h2-4,8-9,11-12,16,20H,5-7,10,13-15,17H2,1H3/t20-/m0/s1. The summed E-state index contributed by atoms with van der Waals surface area (Å²) in [4.78, 5) is 17.8. The zero-order valence-electron chi connectivity index (χ0n) is 16.9. The van der Waals surface area contributed by atoms with E-state index in [9.17, 15) is 13.2 Å². The van der Waals surface area contributed by atoms with E-state index in [1.54, 1.807) is 12.1 Å². The van der Waals surface area contributed by atoms with Gasteiger partial charge in [0.25, 0.3) is 5.91 Å². The Labute approximate surface area is 173 Å². The van der Waals surface area contributed by atoms with Crippen molar-refractivity contribution >= 4 is 15.7 Å². The molecule has 1 atom stereocenters. The molecule has 0 unspecified atom stereocenters. The highest BCUT2D eigenvalue weighted by atomic mass is 32.2. The summed E-state index contributed by atoms with van der Waals surface area (Å²) in [5.74, 6) is -0.160. The van der Waals surface area contributed by atoms with Crippen LogP contribution in [0.15, 0.2) is 53.4 Å². The lowest BCUT2D eigenvalue weighted by atomic mass is 10.0. The van der Waals surface area contributed by atoms with Crippen molar-refractivity contribution in [1.29, 1.82) is 0 Å². The van der Waals surface area contributed by atoms with Crippen LogP contribution < -0.4 is 0 Å². The molecule has 0 saturated carbocycles. The summed E-state index contributed by atoms with van der Waals surface area (Å²) < 4.78 is 25.1. The van der Waals surface area contributed by atoms with Crippen LogP contribution in [0.2, 0.25) is 0 Å². The number of rotatable bonds is 5. The topological polar surface area (TPSA) is 57.7 Å². The minimum Gasteiger partial charge on any atom is -0.334 e. The lowest BCUT2D eigenvalue weighted by Gasteiger charge is -2.29. The van der Waals surface area contributed by atoms with Crippen molar-refractivity contribution in [1.82, 2.24) is 9.80 Å². The third-order valence-corrected chi connectivity index (χ3v) is 7.16. The first-order valence-electron chi connectivity index (χ1n) is 10.4. The third kappa shape index (κ3) is 4.38. The number of carbonyl (C=O) groups excluding carboxylic acids is 1. The average Bonchev–Trinajstić information content (AvgIpc) is 3.39. The SMILES string of the molecule is CS(=O)(=O)c1cc(-c2ccccc2)ccc1C(=O)N1CCC[C@H]1CN1CCCC1. The molecule has 2 aromatic carbocycles. The Morgan fingerprint density at radius 3 is 2.38 bits per heavy atom. The highest BCUT2D eigenvalue weighted by Crippen LogP contribution is 2.29. The predicted molar refractivity (Wildman–Crippen MR) is 115 cm³/mol. The van der Waals surface area contributed by atoms with Gasteiger partial charge >= 0.3 is 0 Å². The Morgan fingerprint density at radius 2 is 1.69 bits per heavy atom. The summed E-state index contributed by atoms with van der Waals surface area (Å²) in [7, 11) is -3.54. The number of amides is 1. The van der Waals surface area contributed by atoms with Crippen LogP contribution in [-0.2, 0) is 9.84 Å². The van der Waals surface area contributed by atoms with Crippen molar-refractivity contribution in [2.24, 2.45) is 0 Å². The van der Waals surface area contributed by atoms with E-state index in [1.807, 2.05) is 41.3 Å². The Bertz CT molecular complexity index is 982. The summed E-state index contributed by atoms with van der Waals surface area (Å²) in [5, 5.41) is 0. The molecule has 29 heavy (non-hydrogen) atoms. The molecule has 2 aliphatic rings. The summed E-state index contributed by atoms with van der Waals surface area (Å²) in [6.07, 6.45) is 5.58. The van der Waals surface area contributed by atoms with Crippen LogP contribution in [0.25, 0.3) is 11.1 Å².